The van der Waals surface area contributed by atoms with Crippen LogP contribution in [0, 0.1) is 23.0 Å². The topological polar surface area (TPSA) is 151 Å². The molecule has 3 aromatic rings. The van der Waals surface area contributed by atoms with E-state index in [2.05, 4.69) is 26.6 Å². The van der Waals surface area contributed by atoms with E-state index in [0.29, 0.717) is 18.5 Å². The lowest BCUT2D eigenvalue weighted by Gasteiger charge is -2.17. The van der Waals surface area contributed by atoms with Gasteiger partial charge in [-0.2, -0.15) is 18.4 Å². The van der Waals surface area contributed by atoms with Crippen molar-refractivity contribution in [1.29, 1.82) is 10.0 Å². The first-order valence-electron chi connectivity index (χ1n) is 11.0. The summed E-state index contributed by atoms with van der Waals surface area (Å²) in [6.07, 6.45) is -2.45. The maximum absolute atomic E-state index is 13.6. The summed E-state index contributed by atoms with van der Waals surface area (Å²) in [5.74, 6) is -1.67. The van der Waals surface area contributed by atoms with Gasteiger partial charge in [0.25, 0.3) is 17.7 Å². The first kappa shape index (κ1) is 26.8. The monoisotopic (exact) mass is 546 g/mol. The summed E-state index contributed by atoms with van der Waals surface area (Å²) in [5, 5.41) is 18.6. The van der Waals surface area contributed by atoms with Gasteiger partial charge in [0.1, 0.15) is 5.56 Å². The molecule has 1 saturated carbocycles. The fourth-order valence-electron chi connectivity index (χ4n) is 3.69. The minimum Gasteiger partial charge on any atom is -0.478 e. The van der Waals surface area contributed by atoms with Gasteiger partial charge in [-0.05, 0) is 55.7 Å². The van der Waals surface area contributed by atoms with Crippen molar-refractivity contribution in [2.45, 2.75) is 36.3 Å². The van der Waals surface area contributed by atoms with Crippen LogP contribution < -0.4 is 14.8 Å². The predicted molar refractivity (Wildman–Crippen MR) is 129 cm³/mol. The standard InChI is InChI=1S/C24H21F3N6O4S/c1-13-18(20(34)30-14-5-4-6-15(11-14)38(3,29)35)22(33-32-19(13)24(25,26)27)37-16-7-8-17(31-21(16)36-2)23(12-28)9-10-23/h4-8,11,29H,9-10H2,1-3H3,(H,30,34). The van der Waals surface area contributed by atoms with Gasteiger partial charge in [-0.3, -0.25) is 4.79 Å². The molecule has 14 heteroatoms. The number of rotatable bonds is 7. The Hall–Kier alpha value is -4.25. The van der Waals surface area contributed by atoms with E-state index >= 15 is 0 Å². The number of carbonyl (C=O) groups is 1. The Morgan fingerprint density at radius 2 is 1.92 bits per heavy atom. The van der Waals surface area contributed by atoms with Crippen LogP contribution in [0.15, 0.2) is 41.3 Å². The molecular formula is C24H21F3N6O4S. The fraction of sp³-hybridized carbons (Fsp3) is 0.292. The molecule has 198 valence electrons. The zero-order chi connectivity index (χ0) is 27.9. The first-order valence-corrected chi connectivity index (χ1v) is 13.0. The molecule has 1 aliphatic rings. The molecule has 1 fully saturated rings. The third-order valence-electron chi connectivity index (χ3n) is 5.90. The number of ether oxygens (including phenoxy) is 2. The van der Waals surface area contributed by atoms with Gasteiger partial charge in [-0.1, -0.05) is 6.07 Å². The van der Waals surface area contributed by atoms with Crippen molar-refractivity contribution in [2.24, 2.45) is 0 Å². The quantitative estimate of drug-likeness (QED) is 0.427. The number of nitrogens with one attached hydrogen (secondary N) is 2. The predicted octanol–water partition coefficient (Wildman–Crippen LogP) is 4.84. The summed E-state index contributed by atoms with van der Waals surface area (Å²) in [5.41, 5.74) is -2.64. The van der Waals surface area contributed by atoms with Gasteiger partial charge in [0.05, 0.1) is 34.0 Å². The van der Waals surface area contributed by atoms with Crippen molar-refractivity contribution < 1.29 is 31.6 Å². The van der Waals surface area contributed by atoms with Crippen LogP contribution in [-0.4, -0.2) is 38.7 Å². The molecule has 2 aromatic heterocycles. The minimum absolute atomic E-state index is 0.0596. The van der Waals surface area contributed by atoms with E-state index in [4.69, 9.17) is 14.3 Å². The highest BCUT2D eigenvalue weighted by molar-refractivity contribution is 7.91. The molecule has 2 heterocycles. The Morgan fingerprint density at radius 3 is 2.50 bits per heavy atom. The zero-order valence-corrected chi connectivity index (χ0v) is 21.2. The molecule has 38 heavy (non-hydrogen) atoms. The van der Waals surface area contributed by atoms with Gasteiger partial charge in [-0.15, -0.1) is 10.2 Å². The summed E-state index contributed by atoms with van der Waals surface area (Å²) in [7, 11) is -1.82. The summed E-state index contributed by atoms with van der Waals surface area (Å²) in [4.78, 5) is 17.7. The minimum atomic E-state index is -4.90. The molecule has 1 aliphatic carbocycles. The normalized spacial score (nSPS) is 15.6. The average Bonchev–Trinajstić information content (AvgIpc) is 3.64. The molecule has 1 amide bonds. The second-order valence-electron chi connectivity index (χ2n) is 8.68. The highest BCUT2D eigenvalue weighted by atomic mass is 32.2. The molecule has 10 nitrogen and oxygen atoms in total. The van der Waals surface area contributed by atoms with E-state index in [9.17, 15) is 27.4 Å². The lowest BCUT2D eigenvalue weighted by molar-refractivity contribution is -0.142. The second-order valence-corrected chi connectivity index (χ2v) is 10.8. The number of methoxy groups -OCH3 is 1. The van der Waals surface area contributed by atoms with Crippen LogP contribution in [0.5, 0.6) is 17.5 Å². The van der Waals surface area contributed by atoms with Gasteiger partial charge in [-0.25, -0.2) is 14.0 Å². The highest BCUT2D eigenvalue weighted by Gasteiger charge is 2.47. The SMILES string of the molecule is COc1nc(C2(C#N)CC2)ccc1Oc1nnc(C(F)(F)F)c(C)c1C(=O)Nc1cccc(S(C)(=N)=O)c1. The number of alkyl halides is 3. The molecule has 2 N–H and O–H groups in total. The summed E-state index contributed by atoms with van der Waals surface area (Å²) >= 11 is 0. The maximum Gasteiger partial charge on any atom is 0.435 e. The first-order chi connectivity index (χ1) is 17.8. The molecule has 4 rings (SSSR count). The van der Waals surface area contributed by atoms with Gasteiger partial charge in [0.15, 0.2) is 11.4 Å². The molecule has 1 aromatic carbocycles. The van der Waals surface area contributed by atoms with Crippen LogP contribution in [-0.2, 0) is 21.3 Å². The van der Waals surface area contributed by atoms with E-state index in [1.54, 1.807) is 0 Å². The van der Waals surface area contributed by atoms with E-state index < -0.39 is 49.9 Å². The van der Waals surface area contributed by atoms with Crippen molar-refractivity contribution >= 4 is 21.3 Å². The van der Waals surface area contributed by atoms with Crippen LogP contribution >= 0.6 is 0 Å². The number of nitriles is 1. The average molecular weight is 547 g/mol. The molecular weight excluding hydrogens is 525 g/mol. The van der Waals surface area contributed by atoms with Gasteiger partial charge in [0, 0.05) is 16.8 Å². The number of amides is 1. The van der Waals surface area contributed by atoms with Gasteiger partial charge in [0.2, 0.25) is 0 Å². The Bertz CT molecular complexity index is 1580. The molecule has 0 spiro atoms. The van der Waals surface area contributed by atoms with Crippen LogP contribution in [0.25, 0.3) is 0 Å². The summed E-state index contributed by atoms with van der Waals surface area (Å²) in [6.45, 7) is 1.06. The third kappa shape index (κ3) is 5.23. The number of aromatic nitrogens is 3. The van der Waals surface area contributed by atoms with E-state index in [0.717, 1.165) is 6.92 Å². The van der Waals surface area contributed by atoms with Crippen molar-refractivity contribution in [3.63, 3.8) is 0 Å². The molecule has 1 atom stereocenters. The number of benzene rings is 1. The zero-order valence-electron chi connectivity index (χ0n) is 20.3. The van der Waals surface area contributed by atoms with E-state index in [-0.39, 0.29) is 22.2 Å². The molecule has 0 aliphatic heterocycles. The number of anilines is 1. The van der Waals surface area contributed by atoms with Gasteiger partial charge < -0.3 is 14.8 Å². The lowest BCUT2D eigenvalue weighted by Crippen LogP contribution is -2.21. The Morgan fingerprint density at radius 1 is 1.21 bits per heavy atom. The van der Waals surface area contributed by atoms with Crippen LogP contribution in [0.2, 0.25) is 0 Å². The molecule has 1 unspecified atom stereocenters. The summed E-state index contributed by atoms with van der Waals surface area (Å²) in [6, 6.07) is 10.8. The number of nitrogens with zero attached hydrogens (tertiary/aromatic N) is 4. The Labute approximate surface area is 215 Å². The Balaban J connectivity index is 1.76. The van der Waals surface area contributed by atoms with Crippen molar-refractivity contribution in [2.75, 3.05) is 18.7 Å². The number of hydrogen-bond acceptors (Lipinski definition) is 9. The van der Waals surface area contributed by atoms with Crippen molar-refractivity contribution in [1.82, 2.24) is 15.2 Å². The van der Waals surface area contributed by atoms with E-state index in [1.807, 2.05) is 0 Å². The summed E-state index contributed by atoms with van der Waals surface area (Å²) < 4.78 is 71.5. The lowest BCUT2D eigenvalue weighted by atomic mass is 10.0. The van der Waals surface area contributed by atoms with Crippen LogP contribution in [0.1, 0.15) is 40.2 Å². The van der Waals surface area contributed by atoms with Gasteiger partial charge >= 0.3 is 6.18 Å². The highest BCUT2D eigenvalue weighted by Crippen LogP contribution is 2.48. The second kappa shape index (κ2) is 9.56. The number of hydrogen-bond donors (Lipinski definition) is 2. The van der Waals surface area contributed by atoms with E-state index in [1.165, 1.54) is 49.8 Å². The largest absolute Gasteiger partial charge is 0.478 e. The smallest absolute Gasteiger partial charge is 0.435 e. The fourth-order valence-corrected chi connectivity index (χ4v) is 4.38. The third-order valence-corrected chi connectivity index (χ3v) is 7.06. The molecule has 0 radical (unpaired) electrons. The number of carbonyl (C=O) groups excluding carboxylic acids is 1. The van der Waals surface area contributed by atoms with Crippen molar-refractivity contribution in [3.05, 3.63) is 58.9 Å². The number of pyridine rings is 1. The molecule has 0 saturated heterocycles. The number of halogens is 3. The maximum atomic E-state index is 13.6. The van der Waals surface area contributed by atoms with Crippen molar-refractivity contribution in [3.8, 4) is 23.6 Å². The molecule has 0 bridgehead atoms. The Kier molecular flexibility index (Phi) is 6.75. The van der Waals surface area contributed by atoms with Crippen LogP contribution in [0.3, 0.4) is 0 Å². The van der Waals surface area contributed by atoms with Crippen LogP contribution in [0.4, 0.5) is 18.9 Å².